The number of aryl methyl sites for hydroxylation is 1. The summed E-state index contributed by atoms with van der Waals surface area (Å²) in [5.74, 6) is 0.959. The van der Waals surface area contributed by atoms with Gasteiger partial charge in [-0.2, -0.15) is 0 Å². The van der Waals surface area contributed by atoms with Gasteiger partial charge in [-0.1, -0.05) is 36.7 Å². The van der Waals surface area contributed by atoms with Crippen molar-refractivity contribution in [2.75, 3.05) is 5.32 Å². The Balaban J connectivity index is 2.11. The normalized spacial score (nSPS) is 11.8. The van der Waals surface area contributed by atoms with Crippen LogP contribution in [0.5, 0.6) is 0 Å². The molecular weight excluding hydrogens is 312 g/mol. The van der Waals surface area contributed by atoms with Gasteiger partial charge in [0, 0.05) is 23.7 Å². The van der Waals surface area contributed by atoms with Crippen LogP contribution in [0, 0.1) is 6.92 Å². The molecule has 6 heteroatoms. The van der Waals surface area contributed by atoms with E-state index in [2.05, 4.69) is 20.6 Å². The van der Waals surface area contributed by atoms with E-state index in [1.165, 1.54) is 0 Å². The van der Waals surface area contributed by atoms with Crippen molar-refractivity contribution in [2.45, 2.75) is 39.8 Å². The number of rotatable bonds is 6. The highest BCUT2D eigenvalue weighted by molar-refractivity contribution is 6.31. The average molecular weight is 333 g/mol. The van der Waals surface area contributed by atoms with Crippen LogP contribution in [0.2, 0.25) is 5.02 Å². The van der Waals surface area contributed by atoms with E-state index in [-0.39, 0.29) is 11.9 Å². The second-order valence-electron chi connectivity index (χ2n) is 5.41. The molecular formula is C17H21ClN4O. The van der Waals surface area contributed by atoms with Gasteiger partial charge in [0.25, 0.3) is 5.91 Å². The van der Waals surface area contributed by atoms with Gasteiger partial charge in [-0.25, -0.2) is 9.97 Å². The summed E-state index contributed by atoms with van der Waals surface area (Å²) in [4.78, 5) is 20.7. The lowest BCUT2D eigenvalue weighted by Gasteiger charge is -2.12. The van der Waals surface area contributed by atoms with Gasteiger partial charge in [0.15, 0.2) is 0 Å². The summed E-state index contributed by atoms with van der Waals surface area (Å²) < 4.78 is 0. The number of anilines is 1. The summed E-state index contributed by atoms with van der Waals surface area (Å²) in [7, 11) is 0. The van der Waals surface area contributed by atoms with E-state index in [4.69, 9.17) is 11.6 Å². The van der Waals surface area contributed by atoms with Crippen LogP contribution in [-0.4, -0.2) is 21.9 Å². The van der Waals surface area contributed by atoms with Gasteiger partial charge in [-0.3, -0.25) is 4.79 Å². The van der Waals surface area contributed by atoms with Crippen LogP contribution in [0.25, 0.3) is 0 Å². The topological polar surface area (TPSA) is 66.9 Å². The number of nitrogens with zero attached hydrogens (tertiary/aromatic N) is 2. The van der Waals surface area contributed by atoms with Gasteiger partial charge in [0.1, 0.15) is 17.3 Å². The lowest BCUT2D eigenvalue weighted by atomic mass is 10.2. The molecule has 0 saturated heterocycles. The van der Waals surface area contributed by atoms with Crippen molar-refractivity contribution in [3.05, 3.63) is 52.4 Å². The molecule has 0 fully saturated rings. The molecule has 2 aromatic rings. The minimum Gasteiger partial charge on any atom is -0.366 e. The van der Waals surface area contributed by atoms with Crippen LogP contribution in [0.3, 0.4) is 0 Å². The van der Waals surface area contributed by atoms with E-state index in [0.717, 1.165) is 12.0 Å². The molecule has 0 radical (unpaired) electrons. The molecule has 122 valence electrons. The van der Waals surface area contributed by atoms with Crippen LogP contribution < -0.4 is 10.6 Å². The third-order valence-electron chi connectivity index (χ3n) is 3.48. The van der Waals surface area contributed by atoms with Crippen LogP contribution in [-0.2, 0) is 6.54 Å². The third-order valence-corrected chi connectivity index (χ3v) is 3.85. The number of hydrogen-bond acceptors (Lipinski definition) is 4. The average Bonchev–Trinajstić information content (AvgIpc) is 2.53. The van der Waals surface area contributed by atoms with Crippen molar-refractivity contribution in [1.29, 1.82) is 0 Å². The van der Waals surface area contributed by atoms with Crippen molar-refractivity contribution in [2.24, 2.45) is 0 Å². The van der Waals surface area contributed by atoms with Crippen molar-refractivity contribution >= 4 is 23.3 Å². The second kappa shape index (κ2) is 7.92. The Labute approximate surface area is 141 Å². The van der Waals surface area contributed by atoms with Crippen LogP contribution in [0.4, 0.5) is 5.82 Å². The highest BCUT2D eigenvalue weighted by atomic mass is 35.5. The molecule has 1 aromatic heterocycles. The van der Waals surface area contributed by atoms with Gasteiger partial charge in [0.05, 0.1) is 0 Å². The zero-order valence-electron chi connectivity index (χ0n) is 13.6. The standard InChI is InChI=1S/C17H21ClN4O/c1-4-11(2)20-17(23)15-9-16(22-12(3)21-15)19-10-13-7-5-6-8-14(13)18/h5-9,11H,4,10H2,1-3H3,(H,20,23)(H,19,21,22). The first kappa shape index (κ1) is 17.2. The van der Waals surface area contributed by atoms with E-state index in [1.54, 1.807) is 13.0 Å². The first-order chi connectivity index (χ1) is 11.0. The molecule has 0 aliphatic heterocycles. The van der Waals surface area contributed by atoms with E-state index < -0.39 is 0 Å². The lowest BCUT2D eigenvalue weighted by Crippen LogP contribution is -2.32. The zero-order valence-corrected chi connectivity index (χ0v) is 14.3. The highest BCUT2D eigenvalue weighted by Gasteiger charge is 2.12. The van der Waals surface area contributed by atoms with Crippen molar-refractivity contribution in [1.82, 2.24) is 15.3 Å². The third kappa shape index (κ3) is 4.93. The molecule has 0 saturated carbocycles. The monoisotopic (exact) mass is 332 g/mol. The fraction of sp³-hybridized carbons (Fsp3) is 0.353. The van der Waals surface area contributed by atoms with Gasteiger partial charge >= 0.3 is 0 Å². The first-order valence-corrected chi connectivity index (χ1v) is 8.01. The Kier molecular flexibility index (Phi) is 5.93. The number of benzene rings is 1. The number of carbonyl (C=O) groups is 1. The van der Waals surface area contributed by atoms with E-state index >= 15 is 0 Å². The summed E-state index contributed by atoms with van der Waals surface area (Å²) in [5.41, 5.74) is 1.33. The van der Waals surface area contributed by atoms with Crippen molar-refractivity contribution in [3.63, 3.8) is 0 Å². The minimum absolute atomic E-state index is 0.109. The predicted octanol–water partition coefficient (Wildman–Crippen LogP) is 3.58. The molecule has 2 rings (SSSR count). The summed E-state index contributed by atoms with van der Waals surface area (Å²) in [6.07, 6.45) is 0.868. The van der Waals surface area contributed by atoms with Crippen molar-refractivity contribution < 1.29 is 4.79 Å². The zero-order chi connectivity index (χ0) is 16.8. The van der Waals surface area contributed by atoms with Crippen LogP contribution in [0.1, 0.15) is 42.1 Å². The van der Waals surface area contributed by atoms with Crippen molar-refractivity contribution in [3.8, 4) is 0 Å². The Hall–Kier alpha value is -2.14. The maximum atomic E-state index is 12.2. The Morgan fingerprint density at radius 1 is 1.30 bits per heavy atom. The molecule has 0 spiro atoms. The molecule has 0 aliphatic carbocycles. The van der Waals surface area contributed by atoms with Crippen LogP contribution >= 0.6 is 11.6 Å². The quantitative estimate of drug-likeness (QED) is 0.848. The van der Waals surface area contributed by atoms with E-state index in [1.807, 2.05) is 38.1 Å². The smallest absolute Gasteiger partial charge is 0.270 e. The fourth-order valence-corrected chi connectivity index (χ4v) is 2.20. The van der Waals surface area contributed by atoms with Gasteiger partial charge in [-0.15, -0.1) is 0 Å². The fourth-order valence-electron chi connectivity index (χ4n) is 2.00. The Bertz CT molecular complexity index is 690. The number of nitrogens with one attached hydrogen (secondary N) is 2. The van der Waals surface area contributed by atoms with E-state index in [0.29, 0.717) is 28.9 Å². The summed E-state index contributed by atoms with van der Waals surface area (Å²) >= 11 is 6.14. The molecule has 0 bridgehead atoms. The Morgan fingerprint density at radius 3 is 2.74 bits per heavy atom. The molecule has 5 nitrogen and oxygen atoms in total. The number of halogens is 1. The summed E-state index contributed by atoms with van der Waals surface area (Å²) in [6, 6.07) is 9.37. The maximum absolute atomic E-state index is 12.2. The number of carbonyl (C=O) groups excluding carboxylic acids is 1. The Morgan fingerprint density at radius 2 is 2.04 bits per heavy atom. The van der Waals surface area contributed by atoms with Gasteiger partial charge in [-0.05, 0) is 31.9 Å². The molecule has 1 aromatic carbocycles. The number of aromatic nitrogens is 2. The predicted molar refractivity (Wildman–Crippen MR) is 92.8 cm³/mol. The molecule has 2 N–H and O–H groups in total. The van der Waals surface area contributed by atoms with Gasteiger partial charge in [0.2, 0.25) is 0 Å². The summed E-state index contributed by atoms with van der Waals surface area (Å²) in [5, 5.41) is 6.79. The largest absolute Gasteiger partial charge is 0.366 e. The first-order valence-electron chi connectivity index (χ1n) is 7.63. The van der Waals surface area contributed by atoms with Crippen LogP contribution in [0.15, 0.2) is 30.3 Å². The highest BCUT2D eigenvalue weighted by Crippen LogP contribution is 2.16. The molecule has 0 aliphatic rings. The molecule has 1 heterocycles. The number of amides is 1. The maximum Gasteiger partial charge on any atom is 0.270 e. The number of hydrogen-bond donors (Lipinski definition) is 2. The molecule has 1 unspecified atom stereocenters. The van der Waals surface area contributed by atoms with E-state index in [9.17, 15) is 4.79 Å². The SMILES string of the molecule is CCC(C)NC(=O)c1cc(NCc2ccccc2Cl)nc(C)n1. The lowest BCUT2D eigenvalue weighted by molar-refractivity contribution is 0.0934. The molecule has 1 atom stereocenters. The second-order valence-corrected chi connectivity index (χ2v) is 5.82. The summed E-state index contributed by atoms with van der Waals surface area (Å²) in [6.45, 7) is 6.28. The minimum atomic E-state index is -0.189. The molecule has 23 heavy (non-hydrogen) atoms. The molecule has 1 amide bonds. The van der Waals surface area contributed by atoms with Gasteiger partial charge < -0.3 is 10.6 Å².